The molecule has 0 radical (unpaired) electrons. The Balaban J connectivity index is 2.34. The van der Waals surface area contributed by atoms with Gasteiger partial charge in [-0.2, -0.15) is 0 Å². The van der Waals surface area contributed by atoms with Gasteiger partial charge < -0.3 is 5.32 Å². The second-order valence-corrected chi connectivity index (χ2v) is 7.26. The van der Waals surface area contributed by atoms with E-state index < -0.39 is 0 Å². The molecule has 6 heteroatoms. The monoisotopic (exact) mass is 294 g/mol. The summed E-state index contributed by atoms with van der Waals surface area (Å²) in [6.07, 6.45) is 1.81. The molecule has 0 aliphatic rings. The Labute approximate surface area is 122 Å². The molecule has 1 N–H and O–H groups in total. The zero-order valence-corrected chi connectivity index (χ0v) is 13.2. The number of nitrogens with one attached hydrogen (secondary N) is 1. The Morgan fingerprint density at radius 2 is 2.11 bits per heavy atom. The third-order valence-corrected chi connectivity index (χ3v) is 4.13. The highest BCUT2D eigenvalue weighted by molar-refractivity contribution is 8.01. The first-order chi connectivity index (χ1) is 8.99. The zero-order chi connectivity index (χ0) is 13.9. The minimum atomic E-state index is -0.0659. The van der Waals surface area contributed by atoms with E-state index in [1.165, 1.54) is 0 Å². The normalized spacial score (nSPS) is 11.6. The fraction of sp³-hybridized carbons (Fsp3) is 0.462. The van der Waals surface area contributed by atoms with Crippen LogP contribution in [0.1, 0.15) is 33.5 Å². The van der Waals surface area contributed by atoms with Crippen LogP contribution in [0.5, 0.6) is 0 Å². The number of anilines is 1. The Morgan fingerprint density at radius 1 is 1.32 bits per heavy atom. The molecule has 0 aliphatic carbocycles. The van der Waals surface area contributed by atoms with Crippen molar-refractivity contribution in [2.24, 2.45) is 0 Å². The lowest BCUT2D eigenvalue weighted by Gasteiger charge is -2.18. The van der Waals surface area contributed by atoms with Gasteiger partial charge in [-0.3, -0.25) is 0 Å². The number of aromatic nitrogens is 3. The Bertz CT molecular complexity index is 532. The molecule has 0 fully saturated rings. The lowest BCUT2D eigenvalue weighted by atomic mass is 9.96. The lowest BCUT2D eigenvalue weighted by Crippen LogP contribution is -2.17. The van der Waals surface area contributed by atoms with E-state index >= 15 is 0 Å². The maximum atomic E-state index is 4.64. The summed E-state index contributed by atoms with van der Waals surface area (Å²) >= 11 is 3.20. The highest BCUT2D eigenvalue weighted by atomic mass is 32.2. The van der Waals surface area contributed by atoms with Gasteiger partial charge in [0.2, 0.25) is 0 Å². The summed E-state index contributed by atoms with van der Waals surface area (Å²) in [5, 5.41) is 6.17. The predicted octanol–water partition coefficient (Wildman–Crippen LogP) is 3.81. The summed E-state index contributed by atoms with van der Waals surface area (Å²) in [5.41, 5.74) is -0.0659. The van der Waals surface area contributed by atoms with Crippen LogP contribution in [0.2, 0.25) is 0 Å². The van der Waals surface area contributed by atoms with Crippen LogP contribution < -0.4 is 5.32 Å². The van der Waals surface area contributed by atoms with Crippen LogP contribution in [-0.2, 0) is 5.41 Å². The molecule has 0 saturated carbocycles. The molecule has 0 aromatic carbocycles. The SMILES string of the molecule is CCNc1cc(Sc2nccs2)nc(C(C)(C)C)n1. The summed E-state index contributed by atoms with van der Waals surface area (Å²) in [4.78, 5) is 13.5. The van der Waals surface area contributed by atoms with Crippen LogP contribution in [0.25, 0.3) is 0 Å². The van der Waals surface area contributed by atoms with E-state index in [1.54, 1.807) is 23.1 Å². The van der Waals surface area contributed by atoms with Gasteiger partial charge in [-0.15, -0.1) is 11.3 Å². The van der Waals surface area contributed by atoms with Crippen LogP contribution >= 0.6 is 23.1 Å². The molecule has 2 aromatic heterocycles. The molecular formula is C13H18N4S2. The summed E-state index contributed by atoms with van der Waals surface area (Å²) in [7, 11) is 0. The first kappa shape index (κ1) is 14.3. The van der Waals surface area contributed by atoms with Crippen molar-refractivity contribution in [2.75, 3.05) is 11.9 Å². The van der Waals surface area contributed by atoms with Gasteiger partial charge in [0.15, 0.2) is 4.34 Å². The summed E-state index contributed by atoms with van der Waals surface area (Å²) in [6, 6.07) is 1.98. The third-order valence-electron chi connectivity index (χ3n) is 2.33. The number of thiazole rings is 1. The Kier molecular flexibility index (Phi) is 4.42. The molecule has 0 unspecified atom stereocenters. The number of hydrogen-bond acceptors (Lipinski definition) is 6. The number of rotatable bonds is 4. The first-order valence-corrected chi connectivity index (χ1v) is 7.89. The van der Waals surface area contributed by atoms with E-state index in [2.05, 4.69) is 48.0 Å². The Hall–Kier alpha value is -1.14. The predicted molar refractivity (Wildman–Crippen MR) is 81.1 cm³/mol. The van der Waals surface area contributed by atoms with Gasteiger partial charge in [-0.1, -0.05) is 20.8 Å². The van der Waals surface area contributed by atoms with Crippen LogP contribution in [0.4, 0.5) is 5.82 Å². The topological polar surface area (TPSA) is 50.7 Å². The van der Waals surface area contributed by atoms with E-state index in [0.717, 1.165) is 27.6 Å². The van der Waals surface area contributed by atoms with E-state index in [4.69, 9.17) is 0 Å². The molecule has 19 heavy (non-hydrogen) atoms. The number of nitrogens with zero attached hydrogens (tertiary/aromatic N) is 3. The molecule has 0 saturated heterocycles. The van der Waals surface area contributed by atoms with Crippen LogP contribution in [0.3, 0.4) is 0 Å². The van der Waals surface area contributed by atoms with E-state index in [0.29, 0.717) is 0 Å². The minimum Gasteiger partial charge on any atom is -0.370 e. The maximum Gasteiger partial charge on any atom is 0.156 e. The van der Waals surface area contributed by atoms with Gasteiger partial charge >= 0.3 is 0 Å². The standard InChI is InChI=1S/C13H18N4S2/c1-5-14-9-8-10(19-12-15-6-7-18-12)17-11(16-9)13(2,3)4/h6-8H,5H2,1-4H3,(H,14,16,17). The molecule has 2 aromatic rings. The quantitative estimate of drug-likeness (QED) is 0.869. The molecule has 0 bridgehead atoms. The van der Waals surface area contributed by atoms with Crippen molar-refractivity contribution in [2.45, 2.75) is 42.5 Å². The zero-order valence-electron chi connectivity index (χ0n) is 11.6. The van der Waals surface area contributed by atoms with Crippen molar-refractivity contribution in [1.29, 1.82) is 0 Å². The minimum absolute atomic E-state index is 0.0659. The van der Waals surface area contributed by atoms with Gasteiger partial charge in [0, 0.05) is 29.6 Å². The summed E-state index contributed by atoms with van der Waals surface area (Å²) < 4.78 is 1.00. The van der Waals surface area contributed by atoms with Crippen molar-refractivity contribution in [3.8, 4) is 0 Å². The van der Waals surface area contributed by atoms with Gasteiger partial charge in [0.25, 0.3) is 0 Å². The molecule has 102 valence electrons. The first-order valence-electron chi connectivity index (χ1n) is 6.20. The second-order valence-electron chi connectivity index (χ2n) is 5.10. The maximum absolute atomic E-state index is 4.64. The summed E-state index contributed by atoms with van der Waals surface area (Å²) in [6.45, 7) is 9.27. The van der Waals surface area contributed by atoms with E-state index in [-0.39, 0.29) is 5.41 Å². The molecule has 0 atom stereocenters. The number of hydrogen-bond donors (Lipinski definition) is 1. The molecule has 0 amide bonds. The van der Waals surface area contributed by atoms with Crippen molar-refractivity contribution in [3.05, 3.63) is 23.5 Å². The van der Waals surface area contributed by atoms with Gasteiger partial charge in [0.05, 0.1) is 0 Å². The van der Waals surface area contributed by atoms with Crippen LogP contribution in [-0.4, -0.2) is 21.5 Å². The molecule has 0 spiro atoms. The third kappa shape index (κ3) is 3.91. The van der Waals surface area contributed by atoms with Crippen molar-refractivity contribution < 1.29 is 0 Å². The largest absolute Gasteiger partial charge is 0.370 e. The van der Waals surface area contributed by atoms with Gasteiger partial charge in [-0.25, -0.2) is 15.0 Å². The van der Waals surface area contributed by atoms with Gasteiger partial charge in [0.1, 0.15) is 16.7 Å². The van der Waals surface area contributed by atoms with Crippen molar-refractivity contribution in [3.63, 3.8) is 0 Å². The fourth-order valence-electron chi connectivity index (χ4n) is 1.43. The molecule has 2 rings (SSSR count). The average molecular weight is 294 g/mol. The molecular weight excluding hydrogens is 276 g/mol. The molecule has 2 heterocycles. The lowest BCUT2D eigenvalue weighted by molar-refractivity contribution is 0.539. The highest BCUT2D eigenvalue weighted by Gasteiger charge is 2.19. The van der Waals surface area contributed by atoms with E-state index in [9.17, 15) is 0 Å². The fourth-order valence-corrected chi connectivity index (χ4v) is 3.00. The average Bonchev–Trinajstić information content (AvgIpc) is 2.81. The Morgan fingerprint density at radius 3 is 2.68 bits per heavy atom. The van der Waals surface area contributed by atoms with E-state index in [1.807, 2.05) is 17.6 Å². The van der Waals surface area contributed by atoms with Crippen LogP contribution in [0.15, 0.2) is 27.0 Å². The highest BCUT2D eigenvalue weighted by Crippen LogP contribution is 2.30. The van der Waals surface area contributed by atoms with Crippen molar-refractivity contribution >= 4 is 28.9 Å². The van der Waals surface area contributed by atoms with Crippen LogP contribution in [0, 0.1) is 0 Å². The van der Waals surface area contributed by atoms with Gasteiger partial charge in [-0.05, 0) is 18.7 Å². The second kappa shape index (κ2) is 5.88. The molecule has 0 aliphatic heterocycles. The smallest absolute Gasteiger partial charge is 0.156 e. The van der Waals surface area contributed by atoms with Crippen molar-refractivity contribution in [1.82, 2.24) is 15.0 Å². The summed E-state index contributed by atoms with van der Waals surface area (Å²) in [5.74, 6) is 1.73. The molecule has 4 nitrogen and oxygen atoms in total.